The summed E-state index contributed by atoms with van der Waals surface area (Å²) in [4.78, 5) is -0.120. The second-order valence-corrected chi connectivity index (χ2v) is 6.68. The van der Waals surface area contributed by atoms with Crippen molar-refractivity contribution in [2.75, 3.05) is 12.9 Å². The van der Waals surface area contributed by atoms with E-state index >= 15 is 0 Å². The Hall–Kier alpha value is -1.05. The average molecular weight is 292 g/mol. The molecule has 0 saturated carbocycles. The van der Waals surface area contributed by atoms with Crippen LogP contribution < -0.4 is 0 Å². The molecule has 1 aliphatic rings. The summed E-state index contributed by atoms with van der Waals surface area (Å²) < 4.78 is 50.5. The predicted molar refractivity (Wildman–Crippen MR) is 63.8 cm³/mol. The van der Waals surface area contributed by atoms with Crippen molar-refractivity contribution in [1.82, 2.24) is 0 Å². The first-order chi connectivity index (χ1) is 8.68. The van der Waals surface area contributed by atoms with Gasteiger partial charge in [-0.1, -0.05) is 6.07 Å². The van der Waals surface area contributed by atoms with Gasteiger partial charge in [0.2, 0.25) is 0 Å². The van der Waals surface area contributed by atoms with Crippen molar-refractivity contribution in [1.29, 1.82) is 0 Å². The smallest absolute Gasteiger partial charge is 0.296 e. The van der Waals surface area contributed by atoms with Gasteiger partial charge in [0.15, 0.2) is 9.84 Å². The maximum absolute atomic E-state index is 13.6. The zero-order chi connectivity index (χ0) is 14.4. The van der Waals surface area contributed by atoms with Crippen LogP contribution in [0.5, 0.6) is 0 Å². The lowest BCUT2D eigenvalue weighted by molar-refractivity contribution is -0.0563. The lowest BCUT2D eigenvalue weighted by Gasteiger charge is -2.19. The quantitative estimate of drug-likeness (QED) is 0.876. The topological polar surface area (TPSA) is 74.6 Å². The SMILES string of the molecule is CS(=O)(=O)c1ccc(C(F)(F)CO)c2c1C(O)CC2. The Labute approximate surface area is 109 Å². The van der Waals surface area contributed by atoms with Crippen molar-refractivity contribution in [2.24, 2.45) is 0 Å². The Morgan fingerprint density at radius 1 is 1.42 bits per heavy atom. The number of rotatable bonds is 3. The third kappa shape index (κ3) is 2.37. The third-order valence-electron chi connectivity index (χ3n) is 3.31. The minimum Gasteiger partial charge on any atom is -0.390 e. The van der Waals surface area contributed by atoms with Crippen LogP contribution >= 0.6 is 0 Å². The molecule has 0 spiro atoms. The lowest BCUT2D eigenvalue weighted by atomic mass is 9.98. The van der Waals surface area contributed by atoms with Crippen LogP contribution in [0.4, 0.5) is 8.78 Å². The monoisotopic (exact) mass is 292 g/mol. The molecule has 0 radical (unpaired) electrons. The van der Waals surface area contributed by atoms with E-state index in [1.807, 2.05) is 0 Å². The van der Waals surface area contributed by atoms with E-state index < -0.39 is 34.0 Å². The van der Waals surface area contributed by atoms with Crippen molar-refractivity contribution in [3.8, 4) is 0 Å². The zero-order valence-electron chi connectivity index (χ0n) is 10.2. The van der Waals surface area contributed by atoms with E-state index in [9.17, 15) is 22.3 Å². The highest BCUT2D eigenvalue weighted by molar-refractivity contribution is 7.90. The molecule has 1 aromatic carbocycles. The molecule has 1 unspecified atom stereocenters. The highest BCUT2D eigenvalue weighted by Gasteiger charge is 2.38. The predicted octanol–water partition coefficient (Wildman–Crippen LogP) is 1.15. The molecule has 0 aliphatic heterocycles. The molecule has 1 atom stereocenters. The van der Waals surface area contributed by atoms with Crippen molar-refractivity contribution in [2.45, 2.75) is 29.8 Å². The number of hydrogen-bond acceptors (Lipinski definition) is 4. The molecule has 1 aromatic rings. The van der Waals surface area contributed by atoms with E-state index in [2.05, 4.69) is 0 Å². The van der Waals surface area contributed by atoms with Crippen molar-refractivity contribution < 1.29 is 27.4 Å². The van der Waals surface area contributed by atoms with Crippen LogP contribution in [0.15, 0.2) is 17.0 Å². The van der Waals surface area contributed by atoms with Crippen LogP contribution in [0, 0.1) is 0 Å². The molecule has 0 heterocycles. The fourth-order valence-corrected chi connectivity index (χ4v) is 3.43. The first-order valence-corrected chi connectivity index (χ1v) is 7.60. The van der Waals surface area contributed by atoms with Crippen LogP contribution in [-0.2, 0) is 22.2 Å². The fraction of sp³-hybridized carbons (Fsp3) is 0.500. The van der Waals surface area contributed by atoms with E-state index in [0.717, 1.165) is 18.4 Å². The molecule has 0 aromatic heterocycles. The first kappa shape index (κ1) is 14.4. The Bertz CT molecular complexity index is 610. The van der Waals surface area contributed by atoms with E-state index in [0.29, 0.717) is 0 Å². The molecule has 19 heavy (non-hydrogen) atoms. The van der Waals surface area contributed by atoms with Crippen LogP contribution in [0.3, 0.4) is 0 Å². The first-order valence-electron chi connectivity index (χ1n) is 5.71. The van der Waals surface area contributed by atoms with E-state index in [1.165, 1.54) is 0 Å². The van der Waals surface area contributed by atoms with Crippen LogP contribution in [0.2, 0.25) is 0 Å². The van der Waals surface area contributed by atoms with Crippen molar-refractivity contribution >= 4 is 9.84 Å². The summed E-state index contributed by atoms with van der Waals surface area (Å²) >= 11 is 0. The number of hydrogen-bond donors (Lipinski definition) is 2. The largest absolute Gasteiger partial charge is 0.390 e. The molecule has 1 aliphatic carbocycles. The Balaban J connectivity index is 2.73. The number of aliphatic hydroxyl groups is 2. The molecule has 7 heteroatoms. The summed E-state index contributed by atoms with van der Waals surface area (Å²) in [5.41, 5.74) is -0.225. The number of halogens is 2. The van der Waals surface area contributed by atoms with Gasteiger partial charge in [-0.25, -0.2) is 8.42 Å². The molecular weight excluding hydrogens is 278 g/mol. The van der Waals surface area contributed by atoms with E-state index in [1.54, 1.807) is 0 Å². The van der Waals surface area contributed by atoms with Gasteiger partial charge in [-0.05, 0) is 24.5 Å². The summed E-state index contributed by atoms with van der Waals surface area (Å²) in [5.74, 6) is -3.44. The van der Waals surface area contributed by atoms with Gasteiger partial charge in [0.1, 0.15) is 6.61 Å². The van der Waals surface area contributed by atoms with Gasteiger partial charge in [-0.2, -0.15) is 8.78 Å². The van der Waals surface area contributed by atoms with Crippen molar-refractivity contribution in [3.05, 3.63) is 28.8 Å². The van der Waals surface area contributed by atoms with Gasteiger partial charge in [-0.15, -0.1) is 0 Å². The maximum Gasteiger partial charge on any atom is 0.296 e. The number of fused-ring (bicyclic) bond motifs is 1. The standard InChI is InChI=1S/C12H14F2O4S/c1-19(17,18)10-5-3-8(12(13,14)6-15)7-2-4-9(16)11(7)10/h3,5,9,15-16H,2,4,6H2,1H3. The lowest BCUT2D eigenvalue weighted by Crippen LogP contribution is -2.21. The van der Waals surface area contributed by atoms with Crippen LogP contribution in [0.1, 0.15) is 29.2 Å². The number of alkyl halides is 2. The Kier molecular flexibility index (Phi) is 3.40. The van der Waals surface area contributed by atoms with Gasteiger partial charge in [0.25, 0.3) is 5.92 Å². The van der Waals surface area contributed by atoms with Gasteiger partial charge in [-0.3, -0.25) is 0 Å². The summed E-state index contributed by atoms with van der Waals surface area (Å²) in [6, 6.07) is 2.09. The molecule has 0 fully saturated rings. The summed E-state index contributed by atoms with van der Waals surface area (Å²) in [6.45, 7) is -1.35. The van der Waals surface area contributed by atoms with Gasteiger partial charge >= 0.3 is 0 Å². The van der Waals surface area contributed by atoms with Gasteiger partial charge in [0.05, 0.1) is 11.0 Å². The molecule has 106 valence electrons. The third-order valence-corrected chi connectivity index (χ3v) is 4.47. The molecule has 4 nitrogen and oxygen atoms in total. The fourth-order valence-electron chi connectivity index (χ4n) is 2.45. The van der Waals surface area contributed by atoms with Gasteiger partial charge in [0, 0.05) is 17.4 Å². The van der Waals surface area contributed by atoms with Crippen LogP contribution in [0.25, 0.3) is 0 Å². The van der Waals surface area contributed by atoms with E-state index in [4.69, 9.17) is 5.11 Å². The van der Waals surface area contributed by atoms with E-state index in [-0.39, 0.29) is 28.9 Å². The summed E-state index contributed by atoms with van der Waals surface area (Å²) in [7, 11) is -3.60. The number of aliphatic hydroxyl groups excluding tert-OH is 2. The summed E-state index contributed by atoms with van der Waals surface area (Å²) in [5, 5.41) is 18.6. The summed E-state index contributed by atoms with van der Waals surface area (Å²) in [6.07, 6.45) is 0.285. The average Bonchev–Trinajstić information content (AvgIpc) is 2.69. The molecule has 0 amide bonds. The highest BCUT2D eigenvalue weighted by Crippen LogP contribution is 2.42. The zero-order valence-corrected chi connectivity index (χ0v) is 11.0. The highest BCUT2D eigenvalue weighted by atomic mass is 32.2. The molecule has 2 rings (SSSR count). The van der Waals surface area contributed by atoms with Gasteiger partial charge < -0.3 is 10.2 Å². The minimum absolute atomic E-state index is 0.0492. The van der Waals surface area contributed by atoms with Crippen molar-refractivity contribution in [3.63, 3.8) is 0 Å². The minimum atomic E-state index is -3.60. The van der Waals surface area contributed by atoms with Crippen LogP contribution in [-0.4, -0.2) is 31.5 Å². The molecule has 2 N–H and O–H groups in total. The Morgan fingerprint density at radius 2 is 2.05 bits per heavy atom. The molecule has 0 bridgehead atoms. The molecular formula is C12H14F2O4S. The normalized spacial score (nSPS) is 19.5. The number of benzene rings is 1. The maximum atomic E-state index is 13.6. The Morgan fingerprint density at radius 3 is 2.58 bits per heavy atom. The second kappa shape index (κ2) is 4.50. The number of sulfone groups is 1. The molecule has 0 saturated heterocycles. The second-order valence-electron chi connectivity index (χ2n) is 4.69.